The van der Waals surface area contributed by atoms with Crippen molar-refractivity contribution >= 4 is 11.9 Å². The molecular formula is C19H21NO4. The third-order valence-electron chi connectivity index (χ3n) is 3.61. The van der Waals surface area contributed by atoms with E-state index in [1.807, 2.05) is 37.3 Å². The molecule has 0 radical (unpaired) electrons. The molecule has 5 nitrogen and oxygen atoms in total. The topological polar surface area (TPSA) is 75.6 Å². The van der Waals surface area contributed by atoms with Crippen LogP contribution in [0.1, 0.15) is 22.8 Å². The first kappa shape index (κ1) is 17.5. The smallest absolute Gasteiger partial charge is 0.308 e. The van der Waals surface area contributed by atoms with E-state index in [4.69, 9.17) is 4.74 Å². The van der Waals surface area contributed by atoms with Crippen LogP contribution in [0.3, 0.4) is 0 Å². The van der Waals surface area contributed by atoms with Gasteiger partial charge in [0.2, 0.25) is 0 Å². The molecule has 0 bridgehead atoms. The summed E-state index contributed by atoms with van der Waals surface area (Å²) in [4.78, 5) is 23.6. The van der Waals surface area contributed by atoms with Crippen LogP contribution in [0.2, 0.25) is 0 Å². The number of nitrogens with one attached hydrogen (secondary N) is 1. The average molecular weight is 327 g/mol. The minimum atomic E-state index is -0.925. The van der Waals surface area contributed by atoms with Crippen molar-refractivity contribution in [2.24, 2.45) is 5.92 Å². The molecule has 1 atom stereocenters. The van der Waals surface area contributed by atoms with Crippen LogP contribution in [0.5, 0.6) is 5.75 Å². The quantitative estimate of drug-likeness (QED) is 0.782. The predicted molar refractivity (Wildman–Crippen MR) is 91.2 cm³/mol. The summed E-state index contributed by atoms with van der Waals surface area (Å²) in [6.07, 6.45) is 0.375. The van der Waals surface area contributed by atoms with Gasteiger partial charge in [0.1, 0.15) is 5.75 Å². The molecule has 0 fully saturated rings. The zero-order valence-electron chi connectivity index (χ0n) is 13.6. The van der Waals surface area contributed by atoms with Gasteiger partial charge in [0.15, 0.2) is 0 Å². The number of hydrogen-bond donors (Lipinski definition) is 2. The average Bonchev–Trinajstić information content (AvgIpc) is 2.60. The summed E-state index contributed by atoms with van der Waals surface area (Å²) in [5.74, 6) is -1.19. The summed E-state index contributed by atoms with van der Waals surface area (Å²) in [5, 5.41) is 12.0. The molecule has 0 saturated carbocycles. The van der Waals surface area contributed by atoms with Gasteiger partial charge in [-0.15, -0.1) is 0 Å². The molecule has 2 aromatic rings. The van der Waals surface area contributed by atoms with Crippen molar-refractivity contribution in [2.45, 2.75) is 13.3 Å². The van der Waals surface area contributed by atoms with Crippen LogP contribution in [0.15, 0.2) is 54.6 Å². The van der Waals surface area contributed by atoms with Crippen LogP contribution in [0.25, 0.3) is 0 Å². The normalized spacial score (nSPS) is 11.5. The highest BCUT2D eigenvalue weighted by atomic mass is 16.5. The lowest BCUT2D eigenvalue weighted by Crippen LogP contribution is -2.34. The molecular weight excluding hydrogens is 306 g/mol. The highest BCUT2D eigenvalue weighted by molar-refractivity contribution is 5.94. The van der Waals surface area contributed by atoms with Gasteiger partial charge >= 0.3 is 5.97 Å². The summed E-state index contributed by atoms with van der Waals surface area (Å²) in [6, 6.07) is 16.1. The second-order valence-electron chi connectivity index (χ2n) is 5.39. The van der Waals surface area contributed by atoms with Gasteiger partial charge in [-0.2, -0.15) is 0 Å². The van der Waals surface area contributed by atoms with E-state index in [1.165, 1.54) is 0 Å². The SMILES string of the molecule is CCOc1ccc(C(=O)NCC(Cc2ccccc2)C(=O)O)cc1. The molecule has 0 aliphatic rings. The second-order valence-corrected chi connectivity index (χ2v) is 5.39. The Labute approximate surface area is 141 Å². The van der Waals surface area contributed by atoms with Crippen molar-refractivity contribution in [3.05, 3.63) is 65.7 Å². The molecule has 0 heterocycles. The fraction of sp³-hybridized carbons (Fsp3) is 0.263. The van der Waals surface area contributed by atoms with Crippen molar-refractivity contribution in [3.8, 4) is 5.75 Å². The van der Waals surface area contributed by atoms with E-state index in [1.54, 1.807) is 24.3 Å². The number of rotatable bonds is 8. The molecule has 5 heteroatoms. The van der Waals surface area contributed by atoms with Crippen LogP contribution in [0, 0.1) is 5.92 Å². The summed E-state index contributed by atoms with van der Waals surface area (Å²) >= 11 is 0. The van der Waals surface area contributed by atoms with Gasteiger partial charge in [0, 0.05) is 12.1 Å². The Hall–Kier alpha value is -2.82. The van der Waals surface area contributed by atoms with E-state index >= 15 is 0 Å². The minimum absolute atomic E-state index is 0.0796. The van der Waals surface area contributed by atoms with Crippen LogP contribution >= 0.6 is 0 Å². The Kier molecular flexibility index (Phi) is 6.37. The van der Waals surface area contributed by atoms with E-state index in [0.29, 0.717) is 24.3 Å². The fourth-order valence-electron chi connectivity index (χ4n) is 2.33. The van der Waals surface area contributed by atoms with Crippen molar-refractivity contribution in [1.82, 2.24) is 5.32 Å². The molecule has 0 aromatic heterocycles. The number of benzene rings is 2. The Morgan fingerprint density at radius 1 is 1.08 bits per heavy atom. The number of carboxylic acids is 1. The van der Waals surface area contributed by atoms with E-state index in [0.717, 1.165) is 5.56 Å². The fourth-order valence-corrected chi connectivity index (χ4v) is 2.33. The van der Waals surface area contributed by atoms with Gasteiger partial charge in [-0.25, -0.2) is 0 Å². The summed E-state index contributed by atoms with van der Waals surface area (Å²) in [5.41, 5.74) is 1.41. The number of carbonyl (C=O) groups is 2. The van der Waals surface area contributed by atoms with E-state index < -0.39 is 11.9 Å². The Balaban J connectivity index is 1.93. The maximum Gasteiger partial charge on any atom is 0.308 e. The maximum absolute atomic E-state index is 12.1. The molecule has 1 unspecified atom stereocenters. The van der Waals surface area contributed by atoms with E-state index in [9.17, 15) is 14.7 Å². The molecule has 2 N–H and O–H groups in total. The first-order chi connectivity index (χ1) is 11.6. The van der Waals surface area contributed by atoms with E-state index in [-0.39, 0.29) is 12.5 Å². The maximum atomic E-state index is 12.1. The number of amides is 1. The number of carboxylic acid groups (broad SMARTS) is 1. The van der Waals surface area contributed by atoms with Crippen molar-refractivity contribution in [1.29, 1.82) is 0 Å². The number of aliphatic carboxylic acids is 1. The lowest BCUT2D eigenvalue weighted by molar-refractivity contribution is -0.141. The van der Waals surface area contributed by atoms with Gasteiger partial charge in [0.05, 0.1) is 12.5 Å². The van der Waals surface area contributed by atoms with Gasteiger partial charge in [-0.3, -0.25) is 9.59 Å². The highest BCUT2D eigenvalue weighted by Crippen LogP contribution is 2.13. The third kappa shape index (κ3) is 5.12. The zero-order chi connectivity index (χ0) is 17.4. The highest BCUT2D eigenvalue weighted by Gasteiger charge is 2.19. The molecule has 0 spiro atoms. The molecule has 0 aliphatic heterocycles. The lowest BCUT2D eigenvalue weighted by atomic mass is 9.99. The minimum Gasteiger partial charge on any atom is -0.494 e. The number of carbonyl (C=O) groups excluding carboxylic acids is 1. The zero-order valence-corrected chi connectivity index (χ0v) is 13.6. The van der Waals surface area contributed by atoms with Crippen LogP contribution in [0.4, 0.5) is 0 Å². The van der Waals surface area contributed by atoms with Gasteiger partial charge < -0.3 is 15.2 Å². The largest absolute Gasteiger partial charge is 0.494 e. The molecule has 1 amide bonds. The Morgan fingerprint density at radius 2 is 1.75 bits per heavy atom. The van der Waals surface area contributed by atoms with Crippen LogP contribution in [-0.4, -0.2) is 30.1 Å². The molecule has 2 aromatic carbocycles. The van der Waals surface area contributed by atoms with E-state index in [2.05, 4.69) is 5.32 Å². The van der Waals surface area contributed by atoms with Crippen molar-refractivity contribution < 1.29 is 19.4 Å². The van der Waals surface area contributed by atoms with Gasteiger partial charge in [-0.05, 0) is 43.2 Å². The predicted octanol–water partition coefficient (Wildman–Crippen LogP) is 2.76. The standard InChI is InChI=1S/C19H21NO4/c1-2-24-17-10-8-15(9-11-17)18(21)20-13-16(19(22)23)12-14-6-4-3-5-7-14/h3-11,16H,2,12-13H2,1H3,(H,20,21)(H,22,23). The molecule has 24 heavy (non-hydrogen) atoms. The van der Waals surface area contributed by atoms with Crippen molar-refractivity contribution in [2.75, 3.05) is 13.2 Å². The molecule has 0 saturated heterocycles. The first-order valence-corrected chi connectivity index (χ1v) is 7.88. The Morgan fingerprint density at radius 3 is 2.33 bits per heavy atom. The number of hydrogen-bond acceptors (Lipinski definition) is 3. The van der Waals surface area contributed by atoms with Gasteiger partial charge in [-0.1, -0.05) is 30.3 Å². The summed E-state index contributed by atoms with van der Waals surface area (Å²) in [7, 11) is 0. The molecule has 126 valence electrons. The van der Waals surface area contributed by atoms with Crippen LogP contribution < -0.4 is 10.1 Å². The third-order valence-corrected chi connectivity index (χ3v) is 3.61. The number of ether oxygens (including phenoxy) is 1. The summed E-state index contributed by atoms with van der Waals surface area (Å²) < 4.78 is 5.33. The van der Waals surface area contributed by atoms with Crippen molar-refractivity contribution in [3.63, 3.8) is 0 Å². The van der Waals surface area contributed by atoms with Crippen LogP contribution in [-0.2, 0) is 11.2 Å². The Bertz CT molecular complexity index is 668. The summed E-state index contributed by atoms with van der Waals surface area (Å²) in [6.45, 7) is 2.53. The molecule has 0 aliphatic carbocycles. The molecule has 2 rings (SSSR count). The van der Waals surface area contributed by atoms with Gasteiger partial charge in [0.25, 0.3) is 5.91 Å². The first-order valence-electron chi connectivity index (χ1n) is 7.88. The lowest BCUT2D eigenvalue weighted by Gasteiger charge is -2.14. The monoisotopic (exact) mass is 327 g/mol. The second kappa shape index (κ2) is 8.72.